The van der Waals surface area contributed by atoms with Crippen LogP contribution in [0, 0.1) is 40.9 Å². The molecule has 0 saturated heterocycles. The highest BCUT2D eigenvalue weighted by Crippen LogP contribution is 2.47. The van der Waals surface area contributed by atoms with E-state index in [-0.39, 0.29) is 0 Å². The van der Waals surface area contributed by atoms with Crippen LogP contribution in [0.15, 0.2) is 0 Å². The van der Waals surface area contributed by atoms with Gasteiger partial charge >= 0.3 is 0 Å². The minimum absolute atomic E-state index is 0.433. The standard InChI is InChI=1S/C18H38/c1-11-17(15(7)13(4)5)18(9,10)16(8)14(6)12(2)3/h12-17H,11H2,1-10H3. The van der Waals surface area contributed by atoms with Crippen molar-refractivity contribution in [2.24, 2.45) is 40.9 Å². The zero-order chi connectivity index (χ0) is 14.7. The Hall–Kier alpha value is 0. The molecule has 0 spiro atoms. The first kappa shape index (κ1) is 18.0. The van der Waals surface area contributed by atoms with Crippen LogP contribution in [0.3, 0.4) is 0 Å². The van der Waals surface area contributed by atoms with Gasteiger partial charge in [0.15, 0.2) is 0 Å². The van der Waals surface area contributed by atoms with E-state index in [1.54, 1.807) is 0 Å². The van der Waals surface area contributed by atoms with E-state index in [0.29, 0.717) is 5.41 Å². The van der Waals surface area contributed by atoms with E-state index in [4.69, 9.17) is 0 Å². The van der Waals surface area contributed by atoms with Crippen molar-refractivity contribution in [3.63, 3.8) is 0 Å². The van der Waals surface area contributed by atoms with E-state index in [9.17, 15) is 0 Å². The maximum atomic E-state index is 2.50. The Morgan fingerprint density at radius 1 is 0.722 bits per heavy atom. The van der Waals surface area contributed by atoms with Gasteiger partial charge in [0, 0.05) is 0 Å². The Bertz CT molecular complexity index is 224. The van der Waals surface area contributed by atoms with Gasteiger partial charge in [-0.05, 0) is 40.9 Å². The molecule has 110 valence electrons. The summed E-state index contributed by atoms with van der Waals surface area (Å²) in [5, 5.41) is 0. The van der Waals surface area contributed by atoms with Crippen LogP contribution in [-0.4, -0.2) is 0 Å². The van der Waals surface area contributed by atoms with E-state index in [1.807, 2.05) is 0 Å². The minimum atomic E-state index is 0.433. The molecule has 0 aromatic rings. The van der Waals surface area contributed by atoms with Crippen LogP contribution in [0.4, 0.5) is 0 Å². The number of hydrogen-bond donors (Lipinski definition) is 0. The molecular weight excluding hydrogens is 216 g/mol. The lowest BCUT2D eigenvalue weighted by Crippen LogP contribution is -2.40. The minimum Gasteiger partial charge on any atom is -0.0651 e. The number of rotatable bonds is 7. The van der Waals surface area contributed by atoms with Gasteiger partial charge in [0.05, 0.1) is 0 Å². The first-order chi connectivity index (χ1) is 8.07. The molecule has 0 fully saturated rings. The quantitative estimate of drug-likeness (QED) is 0.503. The summed E-state index contributed by atoms with van der Waals surface area (Å²) in [6, 6.07) is 0. The van der Waals surface area contributed by atoms with Crippen LogP contribution in [0.25, 0.3) is 0 Å². The Balaban J connectivity index is 5.07. The third kappa shape index (κ3) is 4.00. The molecule has 0 aromatic heterocycles. The van der Waals surface area contributed by atoms with Gasteiger partial charge in [-0.3, -0.25) is 0 Å². The molecule has 0 aliphatic rings. The molecule has 0 heteroatoms. The summed E-state index contributed by atoms with van der Waals surface area (Å²) in [5.41, 5.74) is 0.433. The molecule has 4 atom stereocenters. The molecule has 0 amide bonds. The summed E-state index contributed by atoms with van der Waals surface area (Å²) in [4.78, 5) is 0. The van der Waals surface area contributed by atoms with E-state index < -0.39 is 0 Å². The third-order valence-corrected chi connectivity index (χ3v) is 6.10. The monoisotopic (exact) mass is 254 g/mol. The van der Waals surface area contributed by atoms with Gasteiger partial charge in [0.2, 0.25) is 0 Å². The highest BCUT2D eigenvalue weighted by Gasteiger charge is 2.40. The lowest BCUT2D eigenvalue weighted by molar-refractivity contribution is 0.0232. The molecule has 0 radical (unpaired) electrons. The topological polar surface area (TPSA) is 0 Å². The van der Waals surface area contributed by atoms with Gasteiger partial charge in [-0.25, -0.2) is 0 Å². The van der Waals surface area contributed by atoms with Crippen LogP contribution >= 0.6 is 0 Å². The summed E-state index contributed by atoms with van der Waals surface area (Å²) in [6.07, 6.45) is 1.31. The Morgan fingerprint density at radius 2 is 1.11 bits per heavy atom. The van der Waals surface area contributed by atoms with Gasteiger partial charge in [-0.15, -0.1) is 0 Å². The summed E-state index contributed by atoms with van der Waals surface area (Å²) in [5.74, 6) is 4.79. The fraction of sp³-hybridized carbons (Fsp3) is 1.00. The van der Waals surface area contributed by atoms with Gasteiger partial charge in [0.1, 0.15) is 0 Å². The van der Waals surface area contributed by atoms with E-state index >= 15 is 0 Å². The second kappa shape index (κ2) is 6.96. The number of hydrogen-bond acceptors (Lipinski definition) is 0. The van der Waals surface area contributed by atoms with Crippen molar-refractivity contribution in [2.75, 3.05) is 0 Å². The SMILES string of the molecule is CCC(C(C)C(C)C)C(C)(C)C(C)C(C)C(C)C. The van der Waals surface area contributed by atoms with Crippen molar-refractivity contribution in [1.29, 1.82) is 0 Å². The summed E-state index contributed by atoms with van der Waals surface area (Å²) >= 11 is 0. The van der Waals surface area contributed by atoms with Crippen molar-refractivity contribution in [1.82, 2.24) is 0 Å². The Kier molecular flexibility index (Phi) is 6.96. The molecule has 0 bridgehead atoms. The van der Waals surface area contributed by atoms with Crippen LogP contribution in [0.2, 0.25) is 0 Å². The fourth-order valence-electron chi connectivity index (χ4n) is 3.63. The second-order valence-electron chi connectivity index (χ2n) is 7.83. The van der Waals surface area contributed by atoms with E-state index in [1.165, 1.54) is 6.42 Å². The van der Waals surface area contributed by atoms with Crippen molar-refractivity contribution < 1.29 is 0 Å². The molecule has 0 heterocycles. The van der Waals surface area contributed by atoms with E-state index in [2.05, 4.69) is 69.2 Å². The zero-order valence-electron chi connectivity index (χ0n) is 14.7. The van der Waals surface area contributed by atoms with Gasteiger partial charge in [-0.1, -0.05) is 75.7 Å². The van der Waals surface area contributed by atoms with Crippen LogP contribution in [0.1, 0.15) is 75.7 Å². The molecule has 0 N–H and O–H groups in total. The molecule has 0 aromatic carbocycles. The van der Waals surface area contributed by atoms with Gasteiger partial charge < -0.3 is 0 Å². The molecule has 0 rings (SSSR count). The molecule has 0 nitrogen and oxygen atoms in total. The van der Waals surface area contributed by atoms with Crippen molar-refractivity contribution in [3.8, 4) is 0 Å². The smallest absolute Gasteiger partial charge is 0.0295 e. The van der Waals surface area contributed by atoms with Crippen LogP contribution in [0.5, 0.6) is 0 Å². The van der Waals surface area contributed by atoms with Gasteiger partial charge in [0.25, 0.3) is 0 Å². The summed E-state index contributed by atoms with van der Waals surface area (Å²) in [7, 11) is 0. The molecule has 0 saturated carbocycles. The lowest BCUT2D eigenvalue weighted by atomic mass is 9.59. The van der Waals surface area contributed by atoms with Crippen LogP contribution < -0.4 is 0 Å². The highest BCUT2D eigenvalue weighted by atomic mass is 14.4. The largest absolute Gasteiger partial charge is 0.0651 e. The zero-order valence-corrected chi connectivity index (χ0v) is 14.7. The second-order valence-corrected chi connectivity index (χ2v) is 7.83. The predicted octanol–water partition coefficient (Wildman–Crippen LogP) is 6.26. The third-order valence-electron chi connectivity index (χ3n) is 6.10. The van der Waals surface area contributed by atoms with E-state index in [0.717, 1.165) is 35.5 Å². The van der Waals surface area contributed by atoms with Crippen molar-refractivity contribution in [3.05, 3.63) is 0 Å². The maximum absolute atomic E-state index is 2.50. The summed E-state index contributed by atoms with van der Waals surface area (Å²) in [6.45, 7) is 24.2. The van der Waals surface area contributed by atoms with Crippen LogP contribution in [-0.2, 0) is 0 Å². The molecule has 0 aliphatic heterocycles. The summed E-state index contributed by atoms with van der Waals surface area (Å²) < 4.78 is 0. The normalized spacial score (nSPS) is 20.0. The first-order valence-electron chi connectivity index (χ1n) is 8.07. The Labute approximate surface area is 117 Å². The average Bonchev–Trinajstić information content (AvgIpc) is 2.26. The molecule has 4 unspecified atom stereocenters. The van der Waals surface area contributed by atoms with Gasteiger partial charge in [-0.2, -0.15) is 0 Å². The molecule has 18 heavy (non-hydrogen) atoms. The lowest BCUT2D eigenvalue weighted by Gasteiger charge is -2.46. The average molecular weight is 255 g/mol. The van der Waals surface area contributed by atoms with Crippen molar-refractivity contribution >= 4 is 0 Å². The predicted molar refractivity (Wildman–Crippen MR) is 84.7 cm³/mol. The fourth-order valence-corrected chi connectivity index (χ4v) is 3.63. The molecule has 0 aliphatic carbocycles. The first-order valence-corrected chi connectivity index (χ1v) is 8.07. The maximum Gasteiger partial charge on any atom is -0.0295 e. The van der Waals surface area contributed by atoms with Crippen molar-refractivity contribution in [2.45, 2.75) is 75.7 Å². The Morgan fingerprint density at radius 3 is 1.39 bits per heavy atom. The highest BCUT2D eigenvalue weighted by molar-refractivity contribution is 4.88. The molecular formula is C18H38.